The Kier molecular flexibility index (Phi) is 4.62. The van der Waals surface area contributed by atoms with E-state index in [0.717, 1.165) is 35.5 Å². The Balaban J connectivity index is 1.74. The first-order chi connectivity index (χ1) is 11.2. The van der Waals surface area contributed by atoms with Crippen LogP contribution < -0.4 is 10.1 Å². The molecule has 1 aromatic heterocycles. The number of carbonyl (C=O) groups is 1. The number of aromatic nitrogens is 2. The monoisotopic (exact) mass is 315 g/mol. The summed E-state index contributed by atoms with van der Waals surface area (Å²) < 4.78 is 12.6. The molecule has 23 heavy (non-hydrogen) atoms. The highest BCUT2D eigenvalue weighted by Crippen LogP contribution is 2.21. The number of ether oxygens (including phenoxy) is 2. The number of nitrogens with one attached hydrogen (secondary N) is 1. The molecule has 0 saturated heterocycles. The van der Waals surface area contributed by atoms with Crippen LogP contribution in [0.3, 0.4) is 0 Å². The molecular weight excluding hydrogens is 294 g/mol. The highest BCUT2D eigenvalue weighted by atomic mass is 16.5. The van der Waals surface area contributed by atoms with Gasteiger partial charge in [-0.25, -0.2) is 0 Å². The number of aryl methyl sites for hydroxylation is 1. The van der Waals surface area contributed by atoms with Gasteiger partial charge in [-0.05, 0) is 24.6 Å². The molecule has 0 atom stereocenters. The first-order valence-corrected chi connectivity index (χ1v) is 7.80. The van der Waals surface area contributed by atoms with Gasteiger partial charge in [0.05, 0.1) is 20.3 Å². The second-order valence-electron chi connectivity index (χ2n) is 5.43. The maximum Gasteiger partial charge on any atom is 0.272 e. The van der Waals surface area contributed by atoms with Crippen molar-refractivity contribution in [2.75, 3.05) is 13.7 Å². The fourth-order valence-electron chi connectivity index (χ4n) is 2.80. The van der Waals surface area contributed by atoms with Crippen LogP contribution in [-0.4, -0.2) is 29.4 Å². The van der Waals surface area contributed by atoms with E-state index in [2.05, 4.69) is 10.4 Å². The molecular formula is C17H21N3O3. The summed E-state index contributed by atoms with van der Waals surface area (Å²) in [4.78, 5) is 12.5. The second kappa shape index (κ2) is 6.83. The van der Waals surface area contributed by atoms with Crippen LogP contribution in [-0.2, 0) is 30.9 Å². The van der Waals surface area contributed by atoms with Gasteiger partial charge >= 0.3 is 0 Å². The predicted octanol–water partition coefficient (Wildman–Crippen LogP) is 1.91. The van der Waals surface area contributed by atoms with E-state index in [4.69, 9.17) is 9.47 Å². The summed E-state index contributed by atoms with van der Waals surface area (Å²) in [7, 11) is 1.63. The molecule has 6 heteroatoms. The SMILES string of the molecule is CCn1nc(C(=O)NCc2cccc(OC)c2)c2c1CCOC2. The number of carbonyl (C=O) groups excluding carboxylic acids is 1. The lowest BCUT2D eigenvalue weighted by atomic mass is 10.1. The van der Waals surface area contributed by atoms with Gasteiger partial charge in [0.15, 0.2) is 5.69 Å². The van der Waals surface area contributed by atoms with E-state index >= 15 is 0 Å². The quantitative estimate of drug-likeness (QED) is 0.915. The number of hydrogen-bond acceptors (Lipinski definition) is 4. The largest absolute Gasteiger partial charge is 0.497 e. The number of hydrogen-bond donors (Lipinski definition) is 1. The van der Waals surface area contributed by atoms with Gasteiger partial charge in [0.25, 0.3) is 5.91 Å². The molecule has 2 heterocycles. The molecule has 1 aromatic carbocycles. The second-order valence-corrected chi connectivity index (χ2v) is 5.43. The Labute approximate surface area is 135 Å². The predicted molar refractivity (Wildman–Crippen MR) is 85.4 cm³/mol. The van der Waals surface area contributed by atoms with Crippen LogP contribution in [0.15, 0.2) is 24.3 Å². The van der Waals surface area contributed by atoms with E-state index < -0.39 is 0 Å². The van der Waals surface area contributed by atoms with Gasteiger partial charge in [0.1, 0.15) is 5.75 Å². The molecule has 0 aliphatic carbocycles. The van der Waals surface area contributed by atoms with Gasteiger partial charge in [-0.3, -0.25) is 9.48 Å². The maximum atomic E-state index is 12.5. The molecule has 1 aliphatic heterocycles. The fourth-order valence-corrected chi connectivity index (χ4v) is 2.80. The lowest BCUT2D eigenvalue weighted by molar-refractivity contribution is 0.0922. The number of amides is 1. The molecule has 0 radical (unpaired) electrons. The van der Waals surface area contributed by atoms with Crippen LogP contribution in [0.4, 0.5) is 0 Å². The van der Waals surface area contributed by atoms with Gasteiger partial charge < -0.3 is 14.8 Å². The third kappa shape index (κ3) is 3.22. The van der Waals surface area contributed by atoms with Gasteiger partial charge in [0, 0.05) is 30.8 Å². The van der Waals surface area contributed by atoms with Gasteiger partial charge in [0.2, 0.25) is 0 Å². The van der Waals surface area contributed by atoms with Crippen molar-refractivity contribution >= 4 is 5.91 Å². The minimum atomic E-state index is -0.165. The van der Waals surface area contributed by atoms with Crippen molar-refractivity contribution in [3.8, 4) is 5.75 Å². The highest BCUT2D eigenvalue weighted by Gasteiger charge is 2.24. The average molecular weight is 315 g/mol. The Morgan fingerprint density at radius 1 is 1.48 bits per heavy atom. The zero-order chi connectivity index (χ0) is 16.2. The summed E-state index contributed by atoms with van der Waals surface area (Å²) in [6.45, 7) is 4.36. The Morgan fingerprint density at radius 3 is 3.13 bits per heavy atom. The summed E-state index contributed by atoms with van der Waals surface area (Å²) in [5.41, 5.74) is 3.49. The van der Waals surface area contributed by atoms with Crippen molar-refractivity contribution in [3.05, 3.63) is 46.8 Å². The van der Waals surface area contributed by atoms with Crippen LogP contribution in [0.2, 0.25) is 0 Å². The molecule has 2 aromatic rings. The molecule has 0 fully saturated rings. The third-order valence-electron chi connectivity index (χ3n) is 4.00. The summed E-state index contributed by atoms with van der Waals surface area (Å²) in [5.74, 6) is 0.611. The highest BCUT2D eigenvalue weighted by molar-refractivity contribution is 5.94. The lowest BCUT2D eigenvalue weighted by Gasteiger charge is -2.14. The van der Waals surface area contributed by atoms with Gasteiger partial charge in [-0.15, -0.1) is 0 Å². The van der Waals surface area contributed by atoms with Crippen molar-refractivity contribution in [1.29, 1.82) is 0 Å². The third-order valence-corrected chi connectivity index (χ3v) is 4.00. The number of rotatable bonds is 5. The minimum Gasteiger partial charge on any atom is -0.497 e. The van der Waals surface area contributed by atoms with Crippen molar-refractivity contribution < 1.29 is 14.3 Å². The van der Waals surface area contributed by atoms with Crippen molar-refractivity contribution in [2.24, 2.45) is 0 Å². The van der Waals surface area contributed by atoms with Crippen molar-refractivity contribution in [2.45, 2.75) is 33.0 Å². The van der Waals surface area contributed by atoms with E-state index in [1.165, 1.54) is 0 Å². The molecule has 0 bridgehead atoms. The topological polar surface area (TPSA) is 65.4 Å². The molecule has 1 aliphatic rings. The lowest BCUT2D eigenvalue weighted by Crippen LogP contribution is -2.25. The van der Waals surface area contributed by atoms with Crippen LogP contribution in [0.25, 0.3) is 0 Å². The van der Waals surface area contributed by atoms with E-state index in [1.54, 1.807) is 7.11 Å². The van der Waals surface area contributed by atoms with Gasteiger partial charge in [-0.2, -0.15) is 5.10 Å². The number of fused-ring (bicyclic) bond motifs is 1. The number of methoxy groups -OCH3 is 1. The van der Waals surface area contributed by atoms with Crippen molar-refractivity contribution in [1.82, 2.24) is 15.1 Å². The molecule has 0 spiro atoms. The zero-order valence-corrected chi connectivity index (χ0v) is 13.5. The molecule has 0 unspecified atom stereocenters. The molecule has 6 nitrogen and oxygen atoms in total. The normalized spacial score (nSPS) is 13.5. The van der Waals surface area contributed by atoms with Crippen molar-refractivity contribution in [3.63, 3.8) is 0 Å². The molecule has 122 valence electrons. The standard InChI is InChI=1S/C17H21N3O3/c1-3-20-15-7-8-23-11-14(15)16(19-20)17(21)18-10-12-5-4-6-13(9-12)22-2/h4-6,9H,3,7-8,10-11H2,1-2H3,(H,18,21). The van der Waals surface area contributed by atoms with Crippen LogP contribution in [0.5, 0.6) is 5.75 Å². The van der Waals surface area contributed by atoms with E-state index in [0.29, 0.717) is 25.5 Å². The van der Waals surface area contributed by atoms with Gasteiger partial charge in [-0.1, -0.05) is 12.1 Å². The summed E-state index contributed by atoms with van der Waals surface area (Å²) >= 11 is 0. The van der Waals surface area contributed by atoms with Crippen LogP contribution >= 0.6 is 0 Å². The fraction of sp³-hybridized carbons (Fsp3) is 0.412. The van der Waals surface area contributed by atoms with E-state index in [9.17, 15) is 4.79 Å². The van der Waals surface area contributed by atoms with Crippen LogP contribution in [0.1, 0.15) is 34.2 Å². The first kappa shape index (κ1) is 15.6. The number of benzene rings is 1. The van der Waals surface area contributed by atoms with Crippen LogP contribution in [0, 0.1) is 0 Å². The smallest absolute Gasteiger partial charge is 0.272 e. The minimum absolute atomic E-state index is 0.165. The molecule has 1 N–H and O–H groups in total. The zero-order valence-electron chi connectivity index (χ0n) is 13.5. The Hall–Kier alpha value is -2.34. The summed E-state index contributed by atoms with van der Waals surface area (Å²) in [6, 6.07) is 7.64. The maximum absolute atomic E-state index is 12.5. The molecule has 0 saturated carbocycles. The van der Waals surface area contributed by atoms with E-state index in [-0.39, 0.29) is 5.91 Å². The first-order valence-electron chi connectivity index (χ1n) is 7.80. The summed E-state index contributed by atoms with van der Waals surface area (Å²) in [5, 5.41) is 7.38. The molecule has 1 amide bonds. The average Bonchev–Trinajstić information content (AvgIpc) is 2.99. The molecule has 3 rings (SSSR count). The summed E-state index contributed by atoms with van der Waals surface area (Å²) in [6.07, 6.45) is 0.805. The van der Waals surface area contributed by atoms with E-state index in [1.807, 2.05) is 35.9 Å². The Morgan fingerprint density at radius 2 is 2.35 bits per heavy atom. The number of nitrogens with zero attached hydrogens (tertiary/aromatic N) is 2. The Bertz CT molecular complexity index is 709.